The van der Waals surface area contributed by atoms with E-state index in [2.05, 4.69) is 0 Å². The molecule has 0 saturated heterocycles. The van der Waals surface area contributed by atoms with Crippen molar-refractivity contribution in [3.05, 3.63) is 108 Å². The van der Waals surface area contributed by atoms with Crippen molar-refractivity contribution >= 4 is 95.2 Å². The van der Waals surface area contributed by atoms with E-state index < -0.39 is 92.7 Å². The summed E-state index contributed by atoms with van der Waals surface area (Å²) in [5, 5.41) is 9.00. The van der Waals surface area contributed by atoms with Gasteiger partial charge in [0.2, 0.25) is 5.69 Å². The average molecular weight is 1560 g/mol. The van der Waals surface area contributed by atoms with Crippen molar-refractivity contribution in [3.63, 3.8) is 0 Å². The molecule has 31 nitrogen and oxygen atoms in total. The first-order valence-electron chi connectivity index (χ1n) is 33.5. The molecule has 0 amide bonds. The second-order valence-electron chi connectivity index (χ2n) is 24.3. The standard InChI is InChI=1S/C68H96N2O29S5/c1-67(21-25-90-31-33-94-39-41-98-45-43-96-37-35-92-29-27-88-3)62(69(23-12-8-11-16-64(71)72)58-19-17-54-56(65(58)67)48-52(101(76,77)78)50-60(54)103(82,83)84)14-9-6-5-7-10-15-63-68(2,22-26-91-32-34-95-40-42-99-46-44-97-38-36-93-30-28-89-4)66-57-49-53(102(79,80)81)51-61(104(85,86)87)55(57)18-20-59(66)70(63)24-13-47-100(73,74)75/h5-7,9-10,14-15,17-20,48-51H,8,11-13,16,21-47H2,1-4H3,(H5-,71,72,73,74,75,76,77,78,79,80,81,82,83,84,85,86,87)/p-3. The van der Waals surface area contributed by atoms with Gasteiger partial charge in [0.05, 0.1) is 163 Å². The van der Waals surface area contributed by atoms with Gasteiger partial charge in [-0.05, 0) is 104 Å². The summed E-state index contributed by atoms with van der Waals surface area (Å²) in [7, 11) is -23.0. The highest BCUT2D eigenvalue weighted by atomic mass is 32.2. The van der Waals surface area contributed by atoms with Gasteiger partial charge in [0.1, 0.15) is 47.0 Å². The number of nitrogens with zero attached hydrogens (tertiary/aromatic N) is 2. The SMILES string of the molecule is COCCOCCOCCOCCOCCOCCC1(C)C(/C=C/C=C/C=C/C=C2/N(CCCCCC(=O)O)c3ccc4c(S(=O)(=O)[O-])cc(S(=O)(=O)[O-])cc4c3C2(C)CCOCCOCCOCCOCCOCCOC)=[N+](CCCS(=O)(=O)O)c2ccc3c(S(=O)(=O)[O-])cc(S(=O)(=O)[O-])cc3c21. The Morgan fingerprint density at radius 3 is 1.30 bits per heavy atom. The lowest BCUT2D eigenvalue weighted by Gasteiger charge is -2.31. The Balaban J connectivity index is 1.33. The smallest absolute Gasteiger partial charge is 0.303 e. The lowest BCUT2D eigenvalue weighted by atomic mass is 9.75. The highest BCUT2D eigenvalue weighted by Gasteiger charge is 2.49. The maximum Gasteiger partial charge on any atom is 0.303 e. The molecule has 0 aromatic heterocycles. The fourth-order valence-corrected chi connectivity index (χ4v) is 15.2. The number of hydrogen-bond donors (Lipinski definition) is 2. The highest BCUT2D eigenvalue weighted by molar-refractivity contribution is 7.87. The lowest BCUT2D eigenvalue weighted by molar-refractivity contribution is -0.437. The van der Waals surface area contributed by atoms with E-state index in [1.54, 1.807) is 74.3 Å². The number of allylic oxidation sites excluding steroid dienone is 8. The molecule has 4 aromatic carbocycles. The summed E-state index contributed by atoms with van der Waals surface area (Å²) in [5.74, 6) is -1.68. The third-order valence-electron chi connectivity index (χ3n) is 17.0. The molecule has 0 bridgehead atoms. The van der Waals surface area contributed by atoms with E-state index in [0.717, 1.165) is 12.1 Å². The van der Waals surface area contributed by atoms with Crippen molar-refractivity contribution in [2.75, 3.05) is 183 Å². The Hall–Kier alpha value is -5.63. The van der Waals surface area contributed by atoms with E-state index in [0.29, 0.717) is 139 Å². The van der Waals surface area contributed by atoms with E-state index in [-0.39, 0.29) is 132 Å². The zero-order valence-electron chi connectivity index (χ0n) is 58.6. The topological polar surface area (TPSA) is 437 Å². The van der Waals surface area contributed by atoms with Crippen LogP contribution in [-0.2, 0) is 123 Å². The number of unbranched alkanes of at least 4 members (excludes halogenated alkanes) is 2. The van der Waals surface area contributed by atoms with Crippen molar-refractivity contribution in [2.45, 2.75) is 89.2 Å². The summed E-state index contributed by atoms with van der Waals surface area (Å²) in [6, 6.07) is 8.78. The van der Waals surface area contributed by atoms with Gasteiger partial charge in [0, 0.05) is 86.7 Å². The van der Waals surface area contributed by atoms with Crippen molar-refractivity contribution in [3.8, 4) is 0 Å². The number of carboxylic acids is 1. The summed E-state index contributed by atoms with van der Waals surface area (Å²) in [6.45, 7) is 9.98. The van der Waals surface area contributed by atoms with Gasteiger partial charge in [-0.2, -0.15) is 13.0 Å². The number of rotatable bonds is 54. The Morgan fingerprint density at radius 1 is 0.471 bits per heavy atom. The molecule has 2 heterocycles. The van der Waals surface area contributed by atoms with Gasteiger partial charge in [0.25, 0.3) is 10.1 Å². The normalized spacial score (nSPS) is 17.2. The number of aliphatic carboxylic acids is 1. The maximum absolute atomic E-state index is 12.9. The van der Waals surface area contributed by atoms with Gasteiger partial charge in [-0.25, -0.2) is 33.7 Å². The molecule has 2 N–H and O–H groups in total. The lowest BCUT2D eigenvalue weighted by Crippen LogP contribution is -2.33. The number of anilines is 1. The minimum Gasteiger partial charge on any atom is -0.744 e. The zero-order valence-corrected chi connectivity index (χ0v) is 62.7. The molecule has 0 fully saturated rings. The second kappa shape index (κ2) is 42.2. The number of fused-ring (bicyclic) bond motifs is 6. The van der Waals surface area contributed by atoms with Crippen molar-refractivity contribution < 1.29 is 136 Å². The van der Waals surface area contributed by atoms with E-state index in [9.17, 15) is 74.8 Å². The molecule has 2 atom stereocenters. The van der Waals surface area contributed by atoms with Crippen molar-refractivity contribution in [1.29, 1.82) is 0 Å². The van der Waals surface area contributed by atoms with Crippen LogP contribution in [0.1, 0.15) is 69.9 Å². The van der Waals surface area contributed by atoms with Crippen molar-refractivity contribution in [2.24, 2.45) is 0 Å². The molecule has 0 saturated carbocycles. The van der Waals surface area contributed by atoms with Crippen LogP contribution in [0.25, 0.3) is 21.5 Å². The average Bonchev–Trinajstić information content (AvgIpc) is 1.54. The molecule has 582 valence electrons. The second-order valence-corrected chi connectivity index (χ2v) is 31.3. The van der Waals surface area contributed by atoms with Crippen LogP contribution >= 0.6 is 0 Å². The molecule has 36 heteroatoms. The Bertz CT molecular complexity index is 4240. The van der Waals surface area contributed by atoms with Crippen LogP contribution in [0.15, 0.2) is 116 Å². The quantitative estimate of drug-likeness (QED) is 0.0240. The number of benzene rings is 4. The Labute approximate surface area is 608 Å². The number of carboxylic acid groups (broad SMARTS) is 1. The summed E-state index contributed by atoms with van der Waals surface area (Å²) in [4.78, 5) is 9.58. The predicted molar refractivity (Wildman–Crippen MR) is 375 cm³/mol. The summed E-state index contributed by atoms with van der Waals surface area (Å²) in [5.41, 5.74) is -0.125. The van der Waals surface area contributed by atoms with Crippen LogP contribution in [0.4, 0.5) is 11.4 Å². The first-order valence-corrected chi connectivity index (χ1v) is 40.8. The summed E-state index contributed by atoms with van der Waals surface area (Å²) >= 11 is 0. The molecule has 2 unspecified atom stereocenters. The first-order chi connectivity index (χ1) is 49.4. The molecule has 0 radical (unpaired) electrons. The molecule has 104 heavy (non-hydrogen) atoms. The Kier molecular flexibility index (Phi) is 35.4. The number of ether oxygens (including phenoxy) is 12. The number of hydrogen-bond acceptors (Lipinski definition) is 28. The van der Waals surface area contributed by atoms with Gasteiger partial charge in [-0.3, -0.25) is 9.35 Å². The molecule has 2 aliphatic rings. The minimum absolute atomic E-state index is 0.00758. The molecular formula is C68H93N2O29S5-3. The van der Waals surface area contributed by atoms with E-state index in [1.165, 1.54) is 18.2 Å². The molecule has 0 aliphatic carbocycles. The predicted octanol–water partition coefficient (Wildman–Crippen LogP) is 5.46. The molecule has 6 rings (SSSR count). The van der Waals surface area contributed by atoms with Gasteiger partial charge < -0.3 is 85.1 Å². The third-order valence-corrected chi connectivity index (χ3v) is 21.1. The molecule has 4 aromatic rings. The summed E-state index contributed by atoms with van der Waals surface area (Å²) < 4.78 is 256. The van der Waals surface area contributed by atoms with E-state index in [4.69, 9.17) is 56.8 Å². The van der Waals surface area contributed by atoms with Gasteiger partial charge in [0.15, 0.2) is 5.71 Å². The third kappa shape index (κ3) is 26.6. The zero-order chi connectivity index (χ0) is 76.0. The summed E-state index contributed by atoms with van der Waals surface area (Å²) in [6.07, 6.45) is 12.8. The number of carbonyl (C=O) groups is 1. The van der Waals surface area contributed by atoms with Gasteiger partial charge in [-0.1, -0.05) is 42.9 Å². The maximum atomic E-state index is 12.9. The van der Waals surface area contributed by atoms with E-state index >= 15 is 0 Å². The van der Waals surface area contributed by atoms with Crippen LogP contribution in [0.2, 0.25) is 0 Å². The van der Waals surface area contributed by atoms with E-state index in [1.807, 2.05) is 11.8 Å². The monoisotopic (exact) mass is 1560 g/mol. The molecule has 0 spiro atoms. The van der Waals surface area contributed by atoms with Gasteiger partial charge >= 0.3 is 5.97 Å². The molecule has 2 aliphatic heterocycles. The van der Waals surface area contributed by atoms with Crippen LogP contribution in [0, 0.1) is 0 Å². The van der Waals surface area contributed by atoms with Crippen molar-refractivity contribution in [1.82, 2.24) is 0 Å². The highest BCUT2D eigenvalue weighted by Crippen LogP contribution is 2.54. The van der Waals surface area contributed by atoms with Crippen LogP contribution in [0.5, 0.6) is 0 Å². The fourth-order valence-electron chi connectivity index (χ4n) is 12.1. The van der Waals surface area contributed by atoms with Crippen LogP contribution in [-0.4, -0.2) is 265 Å². The fraction of sp³-hybridized carbons (Fsp3) is 0.559. The Morgan fingerprint density at radius 2 is 0.875 bits per heavy atom. The van der Waals surface area contributed by atoms with Crippen LogP contribution < -0.4 is 4.90 Å². The number of methoxy groups -OCH3 is 2. The molecular weight excluding hydrogens is 1470 g/mol. The first kappa shape index (κ1) is 87.3. The largest absolute Gasteiger partial charge is 0.744 e. The van der Waals surface area contributed by atoms with Gasteiger partial charge in [-0.15, -0.1) is 0 Å². The van der Waals surface area contributed by atoms with Crippen LogP contribution in [0.3, 0.4) is 0 Å². The minimum atomic E-state index is -5.43.